The van der Waals surface area contributed by atoms with Crippen LogP contribution in [0.25, 0.3) is 0 Å². The van der Waals surface area contributed by atoms with Crippen molar-refractivity contribution in [1.82, 2.24) is 20.1 Å². The molecule has 8 heteroatoms. The summed E-state index contributed by atoms with van der Waals surface area (Å²) in [5.41, 5.74) is 1.93. The number of piperazine rings is 1. The van der Waals surface area contributed by atoms with Gasteiger partial charge in [-0.25, -0.2) is 8.78 Å². The van der Waals surface area contributed by atoms with E-state index in [1.807, 2.05) is 19.1 Å². The molecule has 1 saturated heterocycles. The molecule has 0 saturated carbocycles. The topological polar surface area (TPSA) is 65.5 Å². The summed E-state index contributed by atoms with van der Waals surface area (Å²) in [7, 11) is 1.66. The normalized spacial score (nSPS) is 17.1. The molecular weight excluding hydrogens is 378 g/mol. The van der Waals surface area contributed by atoms with Crippen LogP contribution >= 0.6 is 0 Å². The number of nitrogens with zero attached hydrogens (tertiary/aromatic N) is 3. The van der Waals surface area contributed by atoms with Crippen molar-refractivity contribution in [2.45, 2.75) is 32.5 Å². The van der Waals surface area contributed by atoms with Gasteiger partial charge in [0, 0.05) is 38.4 Å². The maximum Gasteiger partial charge on any atom is 0.237 e. The molecule has 2 heterocycles. The van der Waals surface area contributed by atoms with Crippen LogP contribution in [0.5, 0.6) is 0 Å². The van der Waals surface area contributed by atoms with Crippen LogP contribution in [-0.2, 0) is 22.7 Å². The second-order valence-electron chi connectivity index (χ2n) is 7.21. The first-order valence-electron chi connectivity index (χ1n) is 9.46. The third-order valence-electron chi connectivity index (χ3n) is 5.15. The molecule has 0 spiro atoms. The third-order valence-corrected chi connectivity index (χ3v) is 5.15. The highest BCUT2D eigenvalue weighted by atomic mass is 19.2. The van der Waals surface area contributed by atoms with E-state index in [0.717, 1.165) is 17.3 Å². The lowest BCUT2D eigenvalue weighted by molar-refractivity contribution is -0.138. The first-order valence-corrected chi connectivity index (χ1v) is 9.46. The van der Waals surface area contributed by atoms with Gasteiger partial charge >= 0.3 is 0 Å². The number of nitrogens with one attached hydrogen (secondary N) is 1. The second-order valence-corrected chi connectivity index (χ2v) is 7.21. The fourth-order valence-corrected chi connectivity index (χ4v) is 3.38. The van der Waals surface area contributed by atoms with E-state index in [1.165, 1.54) is 17.0 Å². The molecule has 154 valence electrons. The van der Waals surface area contributed by atoms with E-state index >= 15 is 0 Å². The Bertz CT molecular complexity index is 906. The molecule has 1 aromatic heterocycles. The van der Waals surface area contributed by atoms with Crippen molar-refractivity contribution in [3.05, 3.63) is 65.0 Å². The van der Waals surface area contributed by atoms with Gasteiger partial charge in [0.2, 0.25) is 11.8 Å². The highest BCUT2D eigenvalue weighted by Gasteiger charge is 2.33. The molecule has 1 unspecified atom stereocenters. The van der Waals surface area contributed by atoms with E-state index in [1.54, 1.807) is 18.1 Å². The number of rotatable bonds is 6. The number of aromatic nitrogens is 1. The fraction of sp³-hybridized carbons (Fsp3) is 0.381. The molecular formula is C21H24F2N4O2. The highest BCUT2D eigenvalue weighted by Crippen LogP contribution is 2.19. The molecule has 1 aliphatic heterocycles. The maximum absolute atomic E-state index is 14.1. The SMILES string of the molecule is Cc1cccnc1CN(C)C(=O)CC1C(=O)NCCN1Cc1cccc(F)c1F. The summed E-state index contributed by atoms with van der Waals surface area (Å²) in [5, 5.41) is 2.75. The maximum atomic E-state index is 14.1. The van der Waals surface area contributed by atoms with Crippen LogP contribution in [0, 0.1) is 18.6 Å². The van der Waals surface area contributed by atoms with Crippen LogP contribution in [0.1, 0.15) is 23.2 Å². The molecule has 0 radical (unpaired) electrons. The van der Waals surface area contributed by atoms with Gasteiger partial charge in [-0.05, 0) is 24.6 Å². The zero-order valence-corrected chi connectivity index (χ0v) is 16.5. The van der Waals surface area contributed by atoms with E-state index in [0.29, 0.717) is 19.6 Å². The Hall–Kier alpha value is -2.87. The quantitative estimate of drug-likeness (QED) is 0.803. The lowest BCUT2D eigenvalue weighted by Gasteiger charge is -2.35. The van der Waals surface area contributed by atoms with Crippen molar-refractivity contribution in [3.63, 3.8) is 0 Å². The summed E-state index contributed by atoms with van der Waals surface area (Å²) in [5.74, 6) is -2.36. The average molecular weight is 402 g/mol. The van der Waals surface area contributed by atoms with Gasteiger partial charge in [-0.3, -0.25) is 19.5 Å². The van der Waals surface area contributed by atoms with Crippen LogP contribution in [-0.4, -0.2) is 52.8 Å². The number of aryl methyl sites for hydroxylation is 1. The standard InChI is InChI=1S/C21H24F2N4O2/c1-14-5-4-8-24-17(14)13-26(2)19(28)11-18-21(29)25-9-10-27(18)12-15-6-3-7-16(22)20(15)23/h3-8,18H,9-13H2,1-2H3,(H,25,29). The summed E-state index contributed by atoms with van der Waals surface area (Å²) in [6, 6.07) is 6.98. The van der Waals surface area contributed by atoms with Crippen LogP contribution in [0.3, 0.4) is 0 Å². The van der Waals surface area contributed by atoms with Crippen molar-refractivity contribution in [2.24, 2.45) is 0 Å². The molecule has 1 fully saturated rings. The molecule has 2 amide bonds. The Morgan fingerprint density at radius 2 is 2.10 bits per heavy atom. The van der Waals surface area contributed by atoms with E-state index in [2.05, 4.69) is 10.3 Å². The Balaban J connectivity index is 1.70. The van der Waals surface area contributed by atoms with Crippen molar-refractivity contribution < 1.29 is 18.4 Å². The summed E-state index contributed by atoms with van der Waals surface area (Å²) in [6.07, 6.45) is 1.62. The Morgan fingerprint density at radius 1 is 1.31 bits per heavy atom. The van der Waals surface area contributed by atoms with Crippen LogP contribution in [0.15, 0.2) is 36.5 Å². The minimum atomic E-state index is -0.929. The molecule has 6 nitrogen and oxygen atoms in total. The second kappa shape index (κ2) is 9.09. The minimum Gasteiger partial charge on any atom is -0.353 e. The van der Waals surface area contributed by atoms with Gasteiger partial charge in [0.05, 0.1) is 24.7 Å². The van der Waals surface area contributed by atoms with Crippen molar-refractivity contribution in [1.29, 1.82) is 0 Å². The number of halogens is 2. The predicted octanol–water partition coefficient (Wildman–Crippen LogP) is 2.02. The van der Waals surface area contributed by atoms with Gasteiger partial charge < -0.3 is 10.2 Å². The molecule has 3 rings (SSSR count). The summed E-state index contributed by atoms with van der Waals surface area (Å²) in [4.78, 5) is 32.7. The van der Waals surface area contributed by atoms with Gasteiger partial charge in [0.25, 0.3) is 0 Å². The zero-order chi connectivity index (χ0) is 21.0. The van der Waals surface area contributed by atoms with Crippen molar-refractivity contribution >= 4 is 11.8 Å². The Labute approximate surface area is 168 Å². The highest BCUT2D eigenvalue weighted by molar-refractivity contribution is 5.88. The van der Waals surface area contributed by atoms with E-state index in [9.17, 15) is 18.4 Å². The summed E-state index contributed by atoms with van der Waals surface area (Å²) < 4.78 is 27.6. The summed E-state index contributed by atoms with van der Waals surface area (Å²) >= 11 is 0. The number of hydrogen-bond donors (Lipinski definition) is 1. The van der Waals surface area contributed by atoms with Crippen LogP contribution in [0.4, 0.5) is 8.78 Å². The van der Waals surface area contributed by atoms with E-state index in [-0.39, 0.29) is 30.3 Å². The largest absolute Gasteiger partial charge is 0.353 e. The number of amides is 2. The Kier molecular flexibility index (Phi) is 6.53. The predicted molar refractivity (Wildman–Crippen MR) is 104 cm³/mol. The molecule has 0 aliphatic carbocycles. The molecule has 1 aromatic carbocycles. The molecule has 0 bridgehead atoms. The van der Waals surface area contributed by atoms with Gasteiger partial charge in [-0.1, -0.05) is 18.2 Å². The van der Waals surface area contributed by atoms with Gasteiger partial charge in [0.15, 0.2) is 11.6 Å². The Morgan fingerprint density at radius 3 is 2.86 bits per heavy atom. The molecule has 29 heavy (non-hydrogen) atoms. The van der Waals surface area contributed by atoms with Crippen LogP contribution in [0.2, 0.25) is 0 Å². The smallest absolute Gasteiger partial charge is 0.237 e. The van der Waals surface area contributed by atoms with Gasteiger partial charge in [-0.15, -0.1) is 0 Å². The van der Waals surface area contributed by atoms with Gasteiger partial charge in [0.1, 0.15) is 0 Å². The first-order chi connectivity index (χ1) is 13.9. The lowest BCUT2D eigenvalue weighted by Crippen LogP contribution is -2.56. The molecule has 1 atom stereocenters. The van der Waals surface area contributed by atoms with E-state index < -0.39 is 17.7 Å². The summed E-state index contributed by atoms with van der Waals surface area (Å²) in [6.45, 7) is 3.15. The minimum absolute atomic E-state index is 0.0504. The zero-order valence-electron chi connectivity index (χ0n) is 16.5. The average Bonchev–Trinajstić information content (AvgIpc) is 2.69. The van der Waals surface area contributed by atoms with Crippen molar-refractivity contribution in [3.8, 4) is 0 Å². The van der Waals surface area contributed by atoms with Crippen molar-refractivity contribution in [2.75, 3.05) is 20.1 Å². The van der Waals surface area contributed by atoms with Crippen LogP contribution < -0.4 is 5.32 Å². The number of hydrogen-bond acceptors (Lipinski definition) is 4. The molecule has 1 N–H and O–H groups in total. The molecule has 2 aromatic rings. The van der Waals surface area contributed by atoms with Gasteiger partial charge in [-0.2, -0.15) is 0 Å². The third kappa shape index (κ3) is 4.95. The molecule has 1 aliphatic rings. The number of pyridine rings is 1. The number of carbonyl (C=O) groups is 2. The monoisotopic (exact) mass is 402 g/mol. The first kappa shape index (κ1) is 20.9. The number of carbonyl (C=O) groups excluding carboxylic acids is 2. The van der Waals surface area contributed by atoms with E-state index in [4.69, 9.17) is 0 Å². The fourth-order valence-electron chi connectivity index (χ4n) is 3.38. The lowest BCUT2D eigenvalue weighted by atomic mass is 10.1. The number of benzene rings is 1.